The molecule has 122 valence electrons. The van der Waals surface area contributed by atoms with Crippen LogP contribution in [-0.2, 0) is 0 Å². The zero-order chi connectivity index (χ0) is 15.4. The van der Waals surface area contributed by atoms with Crippen LogP contribution in [0, 0.1) is 12.8 Å². The van der Waals surface area contributed by atoms with Gasteiger partial charge in [-0.2, -0.15) is 4.98 Å². The first-order chi connectivity index (χ1) is 10.7. The van der Waals surface area contributed by atoms with Gasteiger partial charge in [-0.15, -0.1) is 0 Å². The Morgan fingerprint density at radius 1 is 1.05 bits per heavy atom. The predicted octanol–water partition coefficient (Wildman–Crippen LogP) is 2.46. The minimum atomic E-state index is 0.390. The molecule has 5 heteroatoms. The molecule has 0 spiro atoms. The molecule has 22 heavy (non-hydrogen) atoms. The van der Waals surface area contributed by atoms with E-state index in [1.807, 2.05) is 13.0 Å². The lowest BCUT2D eigenvalue weighted by molar-refractivity contribution is 0.217. The van der Waals surface area contributed by atoms with Gasteiger partial charge in [0.2, 0.25) is 5.95 Å². The maximum atomic E-state index is 5.78. The molecule has 3 heterocycles. The van der Waals surface area contributed by atoms with Crippen molar-refractivity contribution in [2.24, 2.45) is 5.92 Å². The highest BCUT2D eigenvalue weighted by Gasteiger charge is 2.23. The van der Waals surface area contributed by atoms with Gasteiger partial charge in [-0.25, -0.2) is 4.98 Å². The van der Waals surface area contributed by atoms with Crippen LogP contribution in [0.15, 0.2) is 6.07 Å². The lowest BCUT2D eigenvalue weighted by Gasteiger charge is -2.35. The second-order valence-electron chi connectivity index (χ2n) is 6.87. The molecule has 0 amide bonds. The van der Waals surface area contributed by atoms with Gasteiger partial charge in [0.25, 0.3) is 0 Å². The van der Waals surface area contributed by atoms with Crippen molar-refractivity contribution in [2.75, 3.05) is 43.4 Å². The minimum absolute atomic E-state index is 0.390. The fourth-order valence-electron chi connectivity index (χ4n) is 3.76. The molecule has 2 fully saturated rings. The lowest BCUT2D eigenvalue weighted by Crippen LogP contribution is -2.39. The minimum Gasteiger partial charge on any atom is -0.368 e. The number of nitrogens with two attached hydrogens (primary N) is 1. The smallest absolute Gasteiger partial charge is 0.222 e. The van der Waals surface area contributed by atoms with Gasteiger partial charge in [-0.1, -0.05) is 12.8 Å². The summed E-state index contributed by atoms with van der Waals surface area (Å²) >= 11 is 0. The largest absolute Gasteiger partial charge is 0.368 e. The Morgan fingerprint density at radius 3 is 2.36 bits per heavy atom. The molecular formula is C17H29N5. The second-order valence-corrected chi connectivity index (χ2v) is 6.87. The van der Waals surface area contributed by atoms with Crippen LogP contribution in [0.4, 0.5) is 11.8 Å². The highest BCUT2D eigenvalue weighted by molar-refractivity contribution is 5.43. The Hall–Kier alpha value is -1.36. The fraction of sp³-hybridized carbons (Fsp3) is 0.765. The van der Waals surface area contributed by atoms with Gasteiger partial charge in [-0.05, 0) is 51.6 Å². The molecule has 0 unspecified atom stereocenters. The number of hydrogen-bond donors (Lipinski definition) is 1. The Bertz CT molecular complexity index is 454. The van der Waals surface area contributed by atoms with Crippen LogP contribution >= 0.6 is 0 Å². The summed E-state index contributed by atoms with van der Waals surface area (Å²) in [6.45, 7) is 8.07. The van der Waals surface area contributed by atoms with Gasteiger partial charge >= 0.3 is 0 Å². The van der Waals surface area contributed by atoms with Gasteiger partial charge in [0.05, 0.1) is 0 Å². The average molecular weight is 303 g/mol. The van der Waals surface area contributed by atoms with Crippen LogP contribution in [0.3, 0.4) is 0 Å². The molecule has 1 aromatic rings. The standard InChI is InChI=1S/C17H29N5/c1-14-12-16(20-17(18)19-14)22-10-6-15(7-11-22)13-21-8-4-2-3-5-9-21/h12,15H,2-11,13H2,1H3,(H2,18,19,20). The first kappa shape index (κ1) is 15.5. The van der Waals surface area contributed by atoms with Crippen LogP contribution in [0.25, 0.3) is 0 Å². The first-order valence-electron chi connectivity index (χ1n) is 8.79. The Kier molecular flexibility index (Phi) is 5.13. The van der Waals surface area contributed by atoms with E-state index in [-0.39, 0.29) is 0 Å². The number of aromatic nitrogens is 2. The molecule has 3 rings (SSSR count). The molecule has 5 nitrogen and oxygen atoms in total. The van der Waals surface area contributed by atoms with E-state index in [1.54, 1.807) is 0 Å². The van der Waals surface area contributed by atoms with Crippen LogP contribution in [0.1, 0.15) is 44.2 Å². The summed E-state index contributed by atoms with van der Waals surface area (Å²) in [5.41, 5.74) is 6.73. The Labute approximate surface area is 133 Å². The van der Waals surface area contributed by atoms with E-state index in [2.05, 4.69) is 19.8 Å². The summed E-state index contributed by atoms with van der Waals surface area (Å²) in [4.78, 5) is 13.6. The average Bonchev–Trinajstić information content (AvgIpc) is 2.76. The molecule has 0 bridgehead atoms. The zero-order valence-corrected chi connectivity index (χ0v) is 13.8. The van der Waals surface area contributed by atoms with Crippen LogP contribution in [-0.4, -0.2) is 47.6 Å². The van der Waals surface area contributed by atoms with Crippen molar-refractivity contribution >= 4 is 11.8 Å². The topological polar surface area (TPSA) is 58.3 Å². The number of nitrogen functional groups attached to an aromatic ring is 1. The molecule has 2 aliphatic heterocycles. The van der Waals surface area contributed by atoms with Crippen molar-refractivity contribution in [3.63, 3.8) is 0 Å². The maximum absolute atomic E-state index is 5.78. The third-order valence-corrected chi connectivity index (χ3v) is 5.01. The predicted molar refractivity (Wildman–Crippen MR) is 91.0 cm³/mol. The molecule has 1 aromatic heterocycles. The Balaban J connectivity index is 1.51. The highest BCUT2D eigenvalue weighted by atomic mass is 15.2. The van der Waals surface area contributed by atoms with Crippen molar-refractivity contribution < 1.29 is 0 Å². The molecule has 0 atom stereocenters. The van der Waals surface area contributed by atoms with Crippen molar-refractivity contribution in [2.45, 2.75) is 45.4 Å². The molecule has 2 N–H and O–H groups in total. The zero-order valence-electron chi connectivity index (χ0n) is 13.8. The third kappa shape index (κ3) is 4.09. The second kappa shape index (κ2) is 7.27. The van der Waals surface area contributed by atoms with E-state index in [0.717, 1.165) is 30.5 Å². The molecule has 0 radical (unpaired) electrons. The molecule has 2 saturated heterocycles. The van der Waals surface area contributed by atoms with Crippen LogP contribution < -0.4 is 10.6 Å². The number of hydrogen-bond acceptors (Lipinski definition) is 5. The van der Waals surface area contributed by atoms with Crippen LogP contribution in [0.5, 0.6) is 0 Å². The number of piperidine rings is 1. The summed E-state index contributed by atoms with van der Waals surface area (Å²) in [6, 6.07) is 2.05. The number of likely N-dealkylation sites (tertiary alicyclic amines) is 1. The normalized spacial score (nSPS) is 21.8. The fourth-order valence-corrected chi connectivity index (χ4v) is 3.76. The van der Waals surface area contributed by atoms with E-state index >= 15 is 0 Å². The van der Waals surface area contributed by atoms with E-state index in [4.69, 9.17) is 5.73 Å². The SMILES string of the molecule is Cc1cc(N2CCC(CN3CCCCCC3)CC2)nc(N)n1. The summed E-state index contributed by atoms with van der Waals surface area (Å²) in [7, 11) is 0. The quantitative estimate of drug-likeness (QED) is 0.929. The van der Waals surface area contributed by atoms with E-state index in [0.29, 0.717) is 5.95 Å². The van der Waals surface area contributed by atoms with Crippen molar-refractivity contribution in [3.8, 4) is 0 Å². The summed E-state index contributed by atoms with van der Waals surface area (Å²) in [5, 5.41) is 0. The highest BCUT2D eigenvalue weighted by Crippen LogP contribution is 2.24. The first-order valence-corrected chi connectivity index (χ1v) is 8.79. The summed E-state index contributed by atoms with van der Waals surface area (Å²) in [6.07, 6.45) is 8.14. The summed E-state index contributed by atoms with van der Waals surface area (Å²) in [5.74, 6) is 2.23. The molecular weight excluding hydrogens is 274 g/mol. The molecule has 0 aliphatic carbocycles. The van der Waals surface area contributed by atoms with Crippen molar-refractivity contribution in [1.29, 1.82) is 0 Å². The van der Waals surface area contributed by atoms with Crippen LogP contribution in [0.2, 0.25) is 0 Å². The van der Waals surface area contributed by atoms with E-state index < -0.39 is 0 Å². The molecule has 0 aromatic carbocycles. The van der Waals surface area contributed by atoms with E-state index in [1.165, 1.54) is 58.2 Å². The van der Waals surface area contributed by atoms with Crippen molar-refractivity contribution in [3.05, 3.63) is 11.8 Å². The van der Waals surface area contributed by atoms with Gasteiger partial charge in [0, 0.05) is 31.4 Å². The van der Waals surface area contributed by atoms with Crippen molar-refractivity contribution in [1.82, 2.24) is 14.9 Å². The van der Waals surface area contributed by atoms with Gasteiger partial charge in [0.1, 0.15) is 5.82 Å². The van der Waals surface area contributed by atoms with E-state index in [9.17, 15) is 0 Å². The monoisotopic (exact) mass is 303 g/mol. The number of rotatable bonds is 3. The molecule has 0 saturated carbocycles. The number of nitrogens with zero attached hydrogens (tertiary/aromatic N) is 4. The summed E-state index contributed by atoms with van der Waals surface area (Å²) < 4.78 is 0. The number of anilines is 2. The number of aryl methyl sites for hydroxylation is 1. The van der Waals surface area contributed by atoms with Gasteiger partial charge in [-0.3, -0.25) is 0 Å². The third-order valence-electron chi connectivity index (χ3n) is 5.01. The van der Waals surface area contributed by atoms with Gasteiger partial charge < -0.3 is 15.5 Å². The van der Waals surface area contributed by atoms with Gasteiger partial charge in [0.15, 0.2) is 0 Å². The lowest BCUT2D eigenvalue weighted by atomic mass is 9.96. The Morgan fingerprint density at radius 2 is 1.73 bits per heavy atom. The molecule has 2 aliphatic rings. The maximum Gasteiger partial charge on any atom is 0.222 e.